The molecule has 5 nitrogen and oxygen atoms in total. The Bertz CT molecular complexity index is 593. The van der Waals surface area contributed by atoms with Crippen molar-refractivity contribution in [3.05, 3.63) is 0 Å². The molecule has 0 aromatic rings. The van der Waals surface area contributed by atoms with Gasteiger partial charge in [0.25, 0.3) is 0 Å². The highest BCUT2D eigenvalue weighted by atomic mass is 16.7. The first-order valence-electron chi connectivity index (χ1n) is 10.6. The number of rotatable bonds is 6. The maximum Gasteiger partial charge on any atom is 0.146 e. The highest BCUT2D eigenvalue weighted by Crippen LogP contribution is 2.78. The highest BCUT2D eigenvalue weighted by molar-refractivity contribution is 5.87. The molecule has 154 valence electrons. The lowest BCUT2D eigenvalue weighted by atomic mass is 9.50. The minimum atomic E-state index is -0.507. The summed E-state index contributed by atoms with van der Waals surface area (Å²) < 4.78 is 23.2. The number of hydrogen-bond acceptors (Lipinski definition) is 5. The fourth-order valence-corrected chi connectivity index (χ4v) is 7.68. The van der Waals surface area contributed by atoms with Crippen molar-refractivity contribution in [3.8, 4) is 0 Å². The Morgan fingerprint density at radius 2 is 1.81 bits per heavy atom. The Morgan fingerprint density at radius 3 is 2.48 bits per heavy atom. The largest absolute Gasteiger partial charge is 0.384 e. The number of ketones is 1. The van der Waals surface area contributed by atoms with Crippen molar-refractivity contribution in [1.29, 1.82) is 0 Å². The molecule has 4 rings (SSSR count). The first kappa shape index (κ1) is 19.8. The van der Waals surface area contributed by atoms with Crippen LogP contribution < -0.4 is 0 Å². The average molecular weight is 381 g/mol. The van der Waals surface area contributed by atoms with Gasteiger partial charge in [0, 0.05) is 32.7 Å². The van der Waals surface area contributed by atoms with Crippen molar-refractivity contribution < 1.29 is 23.7 Å². The maximum atomic E-state index is 13.8. The Morgan fingerprint density at radius 1 is 1.07 bits per heavy atom. The summed E-state index contributed by atoms with van der Waals surface area (Å²) in [5.41, 5.74) is -0.319. The normalized spacial score (nSPS) is 51.3. The van der Waals surface area contributed by atoms with Gasteiger partial charge in [-0.25, -0.2) is 0 Å². The Balaban J connectivity index is 1.82. The molecule has 2 unspecified atom stereocenters. The van der Waals surface area contributed by atoms with Gasteiger partial charge in [-0.15, -0.1) is 0 Å². The highest BCUT2D eigenvalue weighted by Gasteiger charge is 2.76. The molecule has 4 fully saturated rings. The van der Waals surface area contributed by atoms with Crippen LogP contribution in [0, 0.1) is 34.0 Å². The van der Waals surface area contributed by atoms with Gasteiger partial charge in [0.15, 0.2) is 0 Å². The van der Waals surface area contributed by atoms with E-state index >= 15 is 0 Å². The van der Waals surface area contributed by atoms with Crippen molar-refractivity contribution in [2.75, 3.05) is 34.7 Å². The first-order valence-corrected chi connectivity index (χ1v) is 10.6. The molecule has 8 atom stereocenters. The van der Waals surface area contributed by atoms with Crippen LogP contribution in [0.2, 0.25) is 0 Å². The average Bonchev–Trinajstić information content (AvgIpc) is 3.28. The third-order valence-corrected chi connectivity index (χ3v) is 8.86. The van der Waals surface area contributed by atoms with E-state index in [1.807, 2.05) is 7.11 Å². The number of methoxy groups -OCH3 is 3. The second-order valence-corrected chi connectivity index (χ2v) is 9.92. The summed E-state index contributed by atoms with van der Waals surface area (Å²) in [6.07, 6.45) is 6.72. The zero-order valence-electron chi connectivity index (χ0n) is 17.6. The molecule has 27 heavy (non-hydrogen) atoms. The first-order chi connectivity index (χ1) is 12.9. The molecule has 2 bridgehead atoms. The van der Waals surface area contributed by atoms with Gasteiger partial charge < -0.3 is 18.9 Å². The van der Waals surface area contributed by atoms with Crippen LogP contribution in [-0.2, 0) is 23.7 Å². The number of carbonyl (C=O) groups excluding carboxylic acids is 1. The molecule has 0 radical (unpaired) electrons. The minimum absolute atomic E-state index is 0.0273. The van der Waals surface area contributed by atoms with Crippen molar-refractivity contribution in [1.82, 2.24) is 0 Å². The van der Waals surface area contributed by atoms with E-state index in [0.29, 0.717) is 30.6 Å². The summed E-state index contributed by atoms with van der Waals surface area (Å²) in [5, 5.41) is 0. The van der Waals surface area contributed by atoms with E-state index < -0.39 is 5.41 Å². The van der Waals surface area contributed by atoms with Gasteiger partial charge in [0.1, 0.15) is 12.6 Å². The van der Waals surface area contributed by atoms with E-state index in [2.05, 4.69) is 13.8 Å². The zero-order valence-corrected chi connectivity index (χ0v) is 17.6. The molecule has 5 heteroatoms. The minimum Gasteiger partial charge on any atom is -0.384 e. The second kappa shape index (κ2) is 6.79. The van der Waals surface area contributed by atoms with E-state index in [-0.39, 0.29) is 35.7 Å². The molecule has 0 amide bonds. The number of carbonyl (C=O) groups is 1. The third kappa shape index (κ3) is 2.61. The summed E-state index contributed by atoms with van der Waals surface area (Å²) in [4.78, 5) is 13.8. The molecular formula is C22H36O5. The van der Waals surface area contributed by atoms with E-state index in [9.17, 15) is 4.79 Å². The van der Waals surface area contributed by atoms with Crippen molar-refractivity contribution in [2.45, 2.75) is 64.6 Å². The standard InChI is InChI=1S/C22H36O5/c1-14-19(23)20(2,12-24-3)11-17(27-13-25-4)22-10-15(22)6-8-21(14)9-7-16(26-5)18(21)22/h14-18H,6-13H2,1-5H3/t14-,15-,16+,17+,18?,20-,21?,22-/m0/s1. The van der Waals surface area contributed by atoms with Gasteiger partial charge in [0.05, 0.1) is 24.2 Å². The van der Waals surface area contributed by atoms with Crippen LogP contribution in [0.3, 0.4) is 0 Å². The molecule has 4 aliphatic carbocycles. The molecule has 0 saturated heterocycles. The Labute approximate surface area is 163 Å². The molecule has 0 aromatic heterocycles. The number of Topliss-reactive ketones (excluding diaryl/α,β-unsaturated/α-hetero) is 1. The molecule has 0 heterocycles. The smallest absolute Gasteiger partial charge is 0.146 e. The number of hydrogen-bond donors (Lipinski definition) is 0. The van der Waals surface area contributed by atoms with Crippen molar-refractivity contribution in [2.24, 2.45) is 34.0 Å². The topological polar surface area (TPSA) is 54.0 Å². The molecule has 0 aliphatic heterocycles. The SMILES string of the molecule is COCO[C@@H]1C[C@@](C)(COC)C(=O)[C@H](C)C23CC[C@H]4C[C@]41C2[C@H](OC)CC3. The molecular weight excluding hydrogens is 344 g/mol. The Hall–Kier alpha value is -0.490. The quantitative estimate of drug-likeness (QED) is 0.661. The fourth-order valence-electron chi connectivity index (χ4n) is 7.68. The van der Waals surface area contributed by atoms with E-state index in [0.717, 1.165) is 19.3 Å². The van der Waals surface area contributed by atoms with Crippen LogP contribution in [-0.4, -0.2) is 52.7 Å². The van der Waals surface area contributed by atoms with Crippen LogP contribution in [0.5, 0.6) is 0 Å². The monoisotopic (exact) mass is 380 g/mol. The van der Waals surface area contributed by atoms with E-state index in [1.165, 1.54) is 12.8 Å². The predicted octanol–water partition coefficient (Wildman–Crippen LogP) is 3.45. The number of ether oxygens (including phenoxy) is 4. The fraction of sp³-hybridized carbons (Fsp3) is 0.955. The van der Waals surface area contributed by atoms with Crippen LogP contribution in [0.25, 0.3) is 0 Å². The van der Waals surface area contributed by atoms with Gasteiger partial charge in [-0.3, -0.25) is 4.79 Å². The van der Waals surface area contributed by atoms with Gasteiger partial charge in [-0.05, 0) is 55.8 Å². The summed E-state index contributed by atoms with van der Waals surface area (Å²) in [5.74, 6) is 1.51. The Kier molecular flexibility index (Phi) is 4.98. The molecule has 0 aromatic carbocycles. The summed E-state index contributed by atoms with van der Waals surface area (Å²) >= 11 is 0. The molecule has 4 aliphatic rings. The molecule has 0 N–H and O–H groups in total. The summed E-state index contributed by atoms with van der Waals surface area (Å²) in [6, 6.07) is 0. The van der Waals surface area contributed by atoms with E-state index in [4.69, 9.17) is 18.9 Å². The lowest BCUT2D eigenvalue weighted by Gasteiger charge is -2.55. The van der Waals surface area contributed by atoms with Crippen LogP contribution >= 0.6 is 0 Å². The van der Waals surface area contributed by atoms with Gasteiger partial charge >= 0.3 is 0 Å². The molecule has 1 spiro atoms. The zero-order chi connectivity index (χ0) is 19.4. The third-order valence-electron chi connectivity index (χ3n) is 8.86. The van der Waals surface area contributed by atoms with Crippen molar-refractivity contribution >= 4 is 5.78 Å². The summed E-state index contributed by atoms with van der Waals surface area (Å²) in [7, 11) is 5.22. The second-order valence-electron chi connectivity index (χ2n) is 9.92. The summed E-state index contributed by atoms with van der Waals surface area (Å²) in [6.45, 7) is 5.01. The maximum absolute atomic E-state index is 13.8. The van der Waals surface area contributed by atoms with Crippen LogP contribution in [0.4, 0.5) is 0 Å². The lowest BCUT2D eigenvalue weighted by molar-refractivity contribution is -0.185. The van der Waals surface area contributed by atoms with E-state index in [1.54, 1.807) is 14.2 Å². The van der Waals surface area contributed by atoms with Crippen molar-refractivity contribution in [3.63, 3.8) is 0 Å². The molecule has 4 saturated carbocycles. The van der Waals surface area contributed by atoms with Crippen LogP contribution in [0.1, 0.15) is 52.4 Å². The lowest BCUT2D eigenvalue weighted by Crippen LogP contribution is -2.58. The van der Waals surface area contributed by atoms with Gasteiger partial charge in [-0.1, -0.05) is 13.8 Å². The predicted molar refractivity (Wildman–Crippen MR) is 101 cm³/mol. The van der Waals surface area contributed by atoms with Gasteiger partial charge in [0.2, 0.25) is 0 Å². The van der Waals surface area contributed by atoms with Crippen LogP contribution in [0.15, 0.2) is 0 Å². The van der Waals surface area contributed by atoms with Gasteiger partial charge in [-0.2, -0.15) is 0 Å².